The maximum absolute atomic E-state index is 13.4. The standard InChI is InChI=1S/C62H107NO10/c1-4-7-10-13-16-19-22-24-25-26-27-28-29-30-32-34-37-40-43-46-49-55(66)61(70)63-53(54(65)48-45-42-39-36-33-21-18-15-12-9-6-3)52-71-62-60(59(69)58(68)56(51-64)72-62)73-57(67)50-47-44-41-38-35-31-23-20-17-14-11-8-5-2/h16,19,24-25,27-28,30-32,35,41,44-45,48,53-56,58-60,62,64-66,68-69H,4-15,17-18,20-23,26,29,33-34,36-40,42-43,46-47,49-52H2,1-3H3,(H,63,70)/b19-16-,25-24-,28-27-,32-30-,35-31-,44-41+,48-45+. The van der Waals surface area contributed by atoms with Crippen molar-refractivity contribution in [3.8, 4) is 0 Å². The van der Waals surface area contributed by atoms with Crippen LogP contribution in [0.5, 0.6) is 0 Å². The lowest BCUT2D eigenvalue weighted by Gasteiger charge is -2.41. The number of hydrogen-bond acceptors (Lipinski definition) is 10. The van der Waals surface area contributed by atoms with E-state index in [0.717, 1.165) is 83.5 Å². The maximum Gasteiger partial charge on any atom is 0.306 e. The minimum atomic E-state index is -1.64. The first kappa shape index (κ1) is 67.9. The van der Waals surface area contributed by atoms with E-state index in [4.69, 9.17) is 14.2 Å². The van der Waals surface area contributed by atoms with Gasteiger partial charge in [0.1, 0.15) is 24.4 Å². The second-order valence-electron chi connectivity index (χ2n) is 20.0. The van der Waals surface area contributed by atoms with Gasteiger partial charge in [0, 0.05) is 6.42 Å². The van der Waals surface area contributed by atoms with Crippen LogP contribution in [0.4, 0.5) is 0 Å². The van der Waals surface area contributed by atoms with Crippen LogP contribution in [0.25, 0.3) is 0 Å². The zero-order chi connectivity index (χ0) is 53.3. The largest absolute Gasteiger partial charge is 0.454 e. The number of unbranched alkanes of at least 4 members (excludes halogenated alkanes) is 22. The van der Waals surface area contributed by atoms with E-state index in [1.807, 2.05) is 18.2 Å². The van der Waals surface area contributed by atoms with Crippen LogP contribution in [0.2, 0.25) is 0 Å². The molecule has 8 atom stereocenters. The first-order valence-electron chi connectivity index (χ1n) is 29.4. The minimum Gasteiger partial charge on any atom is -0.454 e. The van der Waals surface area contributed by atoms with Crippen LogP contribution in [-0.4, -0.2) is 99.6 Å². The van der Waals surface area contributed by atoms with Crippen LogP contribution in [0.15, 0.2) is 85.1 Å². The Balaban J connectivity index is 2.74. The van der Waals surface area contributed by atoms with Gasteiger partial charge in [-0.3, -0.25) is 9.59 Å². The van der Waals surface area contributed by atoms with Gasteiger partial charge in [-0.1, -0.05) is 221 Å². The van der Waals surface area contributed by atoms with Gasteiger partial charge in [-0.05, 0) is 89.9 Å². The number of esters is 1. The fourth-order valence-electron chi connectivity index (χ4n) is 8.57. The van der Waals surface area contributed by atoms with Gasteiger partial charge in [-0.15, -0.1) is 0 Å². The zero-order valence-electron chi connectivity index (χ0n) is 46.2. The number of aliphatic hydroxyl groups excluding tert-OH is 5. The number of amides is 1. The predicted octanol–water partition coefficient (Wildman–Crippen LogP) is 13.4. The van der Waals surface area contributed by atoms with E-state index in [-0.39, 0.29) is 19.4 Å². The van der Waals surface area contributed by atoms with Gasteiger partial charge in [0.15, 0.2) is 12.4 Å². The number of nitrogens with one attached hydrogen (secondary N) is 1. The zero-order valence-corrected chi connectivity index (χ0v) is 46.2. The highest BCUT2D eigenvalue weighted by molar-refractivity contribution is 5.80. The monoisotopic (exact) mass is 1030 g/mol. The van der Waals surface area contributed by atoms with Crippen molar-refractivity contribution in [2.45, 2.75) is 282 Å². The summed E-state index contributed by atoms with van der Waals surface area (Å²) in [6, 6.07) is -1.05. The first-order valence-corrected chi connectivity index (χ1v) is 29.4. The predicted molar refractivity (Wildman–Crippen MR) is 301 cm³/mol. The average molecular weight is 1030 g/mol. The maximum atomic E-state index is 13.4. The van der Waals surface area contributed by atoms with E-state index in [2.05, 4.69) is 86.8 Å². The third kappa shape index (κ3) is 38.1. The van der Waals surface area contributed by atoms with E-state index >= 15 is 0 Å². The number of aliphatic hydroxyl groups is 5. The molecule has 0 aromatic rings. The molecule has 0 spiro atoms. The van der Waals surface area contributed by atoms with Crippen LogP contribution < -0.4 is 5.32 Å². The Bertz CT molecular complexity index is 1510. The quantitative estimate of drug-likeness (QED) is 0.0195. The Kier molecular flexibility index (Phi) is 46.2. The van der Waals surface area contributed by atoms with E-state index in [1.54, 1.807) is 6.08 Å². The Morgan fingerprint density at radius 3 is 1.44 bits per heavy atom. The molecule has 1 heterocycles. The Morgan fingerprint density at radius 2 is 0.945 bits per heavy atom. The molecule has 1 rings (SSSR count). The van der Waals surface area contributed by atoms with E-state index in [9.17, 15) is 35.1 Å². The normalized spacial score (nSPS) is 20.0. The summed E-state index contributed by atoms with van der Waals surface area (Å²) in [4.78, 5) is 26.4. The van der Waals surface area contributed by atoms with Crippen LogP contribution in [-0.2, 0) is 23.8 Å². The molecule has 0 saturated carbocycles. The molecular weight excluding hydrogens is 919 g/mol. The fourth-order valence-corrected chi connectivity index (χ4v) is 8.57. The van der Waals surface area contributed by atoms with Gasteiger partial charge >= 0.3 is 5.97 Å². The molecule has 420 valence electrons. The van der Waals surface area contributed by atoms with Gasteiger partial charge in [0.25, 0.3) is 0 Å². The fraction of sp³-hybridized carbons (Fsp3) is 0.742. The molecule has 11 nitrogen and oxygen atoms in total. The Morgan fingerprint density at radius 1 is 0.534 bits per heavy atom. The third-order valence-electron chi connectivity index (χ3n) is 13.3. The summed E-state index contributed by atoms with van der Waals surface area (Å²) in [5, 5.41) is 56.7. The molecular formula is C62H107NO10. The van der Waals surface area contributed by atoms with Gasteiger partial charge in [-0.2, -0.15) is 0 Å². The lowest BCUT2D eigenvalue weighted by atomic mass is 9.99. The van der Waals surface area contributed by atoms with Crippen molar-refractivity contribution in [1.29, 1.82) is 0 Å². The number of ether oxygens (including phenoxy) is 3. The third-order valence-corrected chi connectivity index (χ3v) is 13.3. The summed E-state index contributed by atoms with van der Waals surface area (Å²) in [7, 11) is 0. The van der Waals surface area contributed by atoms with Crippen molar-refractivity contribution in [2.75, 3.05) is 13.2 Å². The van der Waals surface area contributed by atoms with Crippen molar-refractivity contribution < 1.29 is 49.3 Å². The number of carbonyl (C=O) groups is 2. The second-order valence-corrected chi connectivity index (χ2v) is 20.0. The highest BCUT2D eigenvalue weighted by Gasteiger charge is 2.47. The summed E-state index contributed by atoms with van der Waals surface area (Å²) in [5.74, 6) is -1.29. The highest BCUT2D eigenvalue weighted by atomic mass is 16.7. The topological polar surface area (TPSA) is 175 Å². The summed E-state index contributed by atoms with van der Waals surface area (Å²) < 4.78 is 17.5. The van der Waals surface area contributed by atoms with Crippen molar-refractivity contribution >= 4 is 11.9 Å². The molecule has 11 heteroatoms. The molecule has 6 N–H and O–H groups in total. The molecule has 0 radical (unpaired) electrons. The first-order chi connectivity index (χ1) is 35.7. The van der Waals surface area contributed by atoms with Gasteiger partial charge < -0.3 is 45.1 Å². The van der Waals surface area contributed by atoms with Crippen LogP contribution >= 0.6 is 0 Å². The Labute approximate surface area is 444 Å². The van der Waals surface area contributed by atoms with Crippen LogP contribution in [0, 0.1) is 0 Å². The molecule has 73 heavy (non-hydrogen) atoms. The molecule has 0 aromatic heterocycles. The molecule has 1 saturated heterocycles. The van der Waals surface area contributed by atoms with Crippen LogP contribution in [0.3, 0.4) is 0 Å². The number of hydrogen-bond donors (Lipinski definition) is 6. The van der Waals surface area contributed by atoms with Gasteiger partial charge in [0.05, 0.1) is 25.4 Å². The lowest BCUT2D eigenvalue weighted by molar-refractivity contribution is -0.305. The second kappa shape index (κ2) is 49.7. The summed E-state index contributed by atoms with van der Waals surface area (Å²) >= 11 is 0. The van der Waals surface area contributed by atoms with Gasteiger partial charge in [0.2, 0.25) is 5.91 Å². The molecule has 0 aliphatic carbocycles. The molecule has 1 amide bonds. The summed E-state index contributed by atoms with van der Waals surface area (Å²) in [6.07, 6.45) is 53.5. The smallest absolute Gasteiger partial charge is 0.306 e. The lowest BCUT2D eigenvalue weighted by Crippen LogP contribution is -2.61. The molecule has 1 fully saturated rings. The molecule has 0 aromatic carbocycles. The molecule has 0 bridgehead atoms. The molecule has 1 aliphatic heterocycles. The van der Waals surface area contributed by atoms with Crippen molar-refractivity contribution in [3.63, 3.8) is 0 Å². The van der Waals surface area contributed by atoms with Gasteiger partial charge in [-0.25, -0.2) is 0 Å². The highest BCUT2D eigenvalue weighted by Crippen LogP contribution is 2.26. The van der Waals surface area contributed by atoms with E-state index in [0.29, 0.717) is 12.8 Å². The van der Waals surface area contributed by atoms with E-state index in [1.165, 1.54) is 103 Å². The molecule has 8 unspecified atom stereocenters. The Hall–Kier alpha value is -3.16. The average Bonchev–Trinajstić information content (AvgIpc) is 3.39. The summed E-state index contributed by atoms with van der Waals surface area (Å²) in [5.41, 5.74) is 0. The van der Waals surface area contributed by atoms with Crippen LogP contribution in [0.1, 0.15) is 233 Å². The van der Waals surface area contributed by atoms with Crippen molar-refractivity contribution in [2.24, 2.45) is 0 Å². The van der Waals surface area contributed by atoms with Crippen molar-refractivity contribution in [1.82, 2.24) is 5.32 Å². The number of rotatable bonds is 48. The van der Waals surface area contributed by atoms with Crippen molar-refractivity contribution in [3.05, 3.63) is 85.1 Å². The number of allylic oxidation sites excluding steroid dienone is 13. The summed E-state index contributed by atoms with van der Waals surface area (Å²) in [6.45, 7) is 5.68. The molecule has 1 aliphatic rings. The number of carbonyl (C=O) groups excluding carboxylic acids is 2. The minimum absolute atomic E-state index is 0.0118. The SMILES string of the molecule is CCCCC/C=C\C/C=C\C/C=C\C/C=C\CCCCCCC(O)C(=O)NC(COC1OC(CO)C(O)C(O)C1OC(=O)CC/C=C/C/C=C\CCCCCCCC)C(O)/C=C/CCCCCCCCCCC. The van der Waals surface area contributed by atoms with E-state index < -0.39 is 67.4 Å².